The van der Waals surface area contributed by atoms with Crippen molar-refractivity contribution in [2.45, 2.75) is 12.1 Å². The number of hydrogen-bond acceptors (Lipinski definition) is 2. The summed E-state index contributed by atoms with van der Waals surface area (Å²) in [6.07, 6.45) is 0. The van der Waals surface area contributed by atoms with Crippen LogP contribution in [0.4, 0.5) is 0 Å². The summed E-state index contributed by atoms with van der Waals surface area (Å²) in [5.41, 5.74) is 2.16. The van der Waals surface area contributed by atoms with E-state index in [2.05, 4.69) is 12.1 Å². The molecular weight excluding hydrogens is 296 g/mol. The Labute approximate surface area is 143 Å². The Balaban J connectivity index is 1.67. The Kier molecular flexibility index (Phi) is 5.23. The van der Waals surface area contributed by atoms with Crippen molar-refractivity contribution in [3.8, 4) is 12.1 Å². The fraction of sp³-hybridized carbons (Fsp3) is 0.300. The molecule has 0 radical (unpaired) electrons. The van der Waals surface area contributed by atoms with E-state index in [1.54, 1.807) is 0 Å². The van der Waals surface area contributed by atoms with Crippen LogP contribution in [0, 0.1) is 22.7 Å². The molecule has 120 valence electrons. The largest absolute Gasteiger partial charge is 0.307 e. The summed E-state index contributed by atoms with van der Waals surface area (Å²) in [7, 11) is 0. The Morgan fingerprint density at radius 1 is 0.625 bits per heavy atom. The zero-order chi connectivity index (χ0) is 16.8. The van der Waals surface area contributed by atoms with Crippen LogP contribution < -0.4 is 9.80 Å². The number of nitrogens with one attached hydrogen (secondary N) is 2. The maximum atomic E-state index is 9.60. The molecule has 0 amide bonds. The predicted octanol–water partition coefficient (Wildman–Crippen LogP) is 0.300. The van der Waals surface area contributed by atoms with Gasteiger partial charge in [-0.05, 0) is 0 Å². The summed E-state index contributed by atoms with van der Waals surface area (Å²) in [6, 6.07) is 24.7. The average molecular weight is 318 g/mol. The van der Waals surface area contributed by atoms with Crippen LogP contribution in [0.15, 0.2) is 60.7 Å². The van der Waals surface area contributed by atoms with Gasteiger partial charge in [0.25, 0.3) is 0 Å². The van der Waals surface area contributed by atoms with Gasteiger partial charge in [-0.15, -0.1) is 0 Å². The van der Waals surface area contributed by atoms with Gasteiger partial charge < -0.3 is 9.80 Å². The lowest BCUT2D eigenvalue weighted by Crippen LogP contribution is -3.28. The first-order valence-electron chi connectivity index (χ1n) is 8.41. The van der Waals surface area contributed by atoms with Crippen molar-refractivity contribution in [2.75, 3.05) is 26.2 Å². The molecule has 1 fully saturated rings. The molecule has 2 aromatic carbocycles. The minimum atomic E-state index is -0.120. The molecule has 1 heterocycles. The Morgan fingerprint density at radius 3 is 1.25 bits per heavy atom. The van der Waals surface area contributed by atoms with Gasteiger partial charge in [0.15, 0.2) is 0 Å². The molecule has 2 atom stereocenters. The van der Waals surface area contributed by atoms with Crippen LogP contribution in [0.2, 0.25) is 0 Å². The molecule has 1 aliphatic rings. The Bertz CT molecular complexity index is 656. The van der Waals surface area contributed by atoms with Crippen LogP contribution in [0.25, 0.3) is 0 Å². The van der Waals surface area contributed by atoms with Gasteiger partial charge in [0, 0.05) is 11.1 Å². The lowest BCUT2D eigenvalue weighted by atomic mass is 10.0. The topological polar surface area (TPSA) is 56.5 Å². The summed E-state index contributed by atoms with van der Waals surface area (Å²) in [6.45, 7) is 3.64. The van der Waals surface area contributed by atoms with Gasteiger partial charge in [-0.2, -0.15) is 10.5 Å². The van der Waals surface area contributed by atoms with Crippen molar-refractivity contribution in [1.82, 2.24) is 0 Å². The van der Waals surface area contributed by atoms with Crippen LogP contribution >= 0.6 is 0 Å². The quantitative estimate of drug-likeness (QED) is 0.852. The second-order valence-corrected chi connectivity index (χ2v) is 6.26. The average Bonchev–Trinajstić information content (AvgIpc) is 2.66. The normalized spacial score (nSPS) is 22.8. The lowest BCUT2D eigenvalue weighted by Gasteiger charge is -2.34. The van der Waals surface area contributed by atoms with Gasteiger partial charge in [0.1, 0.15) is 38.3 Å². The van der Waals surface area contributed by atoms with Gasteiger partial charge in [0.05, 0.1) is 0 Å². The van der Waals surface area contributed by atoms with Crippen LogP contribution in [0.5, 0.6) is 0 Å². The monoisotopic (exact) mass is 318 g/mol. The summed E-state index contributed by atoms with van der Waals surface area (Å²) in [4.78, 5) is 2.61. The number of nitriles is 2. The second kappa shape index (κ2) is 7.75. The molecule has 1 aliphatic heterocycles. The van der Waals surface area contributed by atoms with Crippen LogP contribution in [0.3, 0.4) is 0 Å². The van der Waals surface area contributed by atoms with E-state index in [1.807, 2.05) is 60.7 Å². The summed E-state index contributed by atoms with van der Waals surface area (Å²) in [5, 5.41) is 19.2. The third-order valence-corrected chi connectivity index (χ3v) is 4.87. The van der Waals surface area contributed by atoms with Gasteiger partial charge >= 0.3 is 0 Å². The number of piperazine rings is 1. The highest BCUT2D eigenvalue weighted by Gasteiger charge is 2.34. The molecule has 4 nitrogen and oxygen atoms in total. The molecule has 0 aromatic heterocycles. The maximum Gasteiger partial charge on any atom is 0.201 e. The van der Waals surface area contributed by atoms with Gasteiger partial charge in [-0.25, -0.2) is 0 Å². The first-order chi connectivity index (χ1) is 11.8. The molecule has 0 unspecified atom stereocenters. The molecule has 3 rings (SSSR count). The number of rotatable bonds is 4. The summed E-state index contributed by atoms with van der Waals surface area (Å²) < 4.78 is 0. The van der Waals surface area contributed by atoms with Crippen molar-refractivity contribution in [2.24, 2.45) is 0 Å². The third-order valence-electron chi connectivity index (χ3n) is 4.87. The van der Waals surface area contributed by atoms with Crippen LogP contribution in [-0.4, -0.2) is 26.2 Å². The summed E-state index contributed by atoms with van der Waals surface area (Å²) >= 11 is 0. The van der Waals surface area contributed by atoms with E-state index >= 15 is 0 Å². The Morgan fingerprint density at radius 2 is 0.958 bits per heavy atom. The number of hydrogen-bond donors (Lipinski definition) is 2. The SMILES string of the molecule is N#C[C@@H](c1ccccc1)[NH+]1CC[NH+]([C@@H](C#N)c2ccccc2)CC1. The zero-order valence-corrected chi connectivity index (χ0v) is 13.7. The maximum absolute atomic E-state index is 9.60. The van der Waals surface area contributed by atoms with E-state index in [0.717, 1.165) is 37.3 Å². The Hall–Kier alpha value is -2.66. The van der Waals surface area contributed by atoms with E-state index in [4.69, 9.17) is 0 Å². The molecule has 2 N–H and O–H groups in total. The molecule has 2 aromatic rings. The first-order valence-corrected chi connectivity index (χ1v) is 8.41. The molecule has 0 saturated carbocycles. The van der Waals surface area contributed by atoms with Gasteiger partial charge in [0.2, 0.25) is 12.1 Å². The second-order valence-electron chi connectivity index (χ2n) is 6.26. The zero-order valence-electron chi connectivity index (χ0n) is 13.7. The fourth-order valence-corrected chi connectivity index (χ4v) is 3.56. The van der Waals surface area contributed by atoms with E-state index in [9.17, 15) is 10.5 Å². The summed E-state index contributed by atoms with van der Waals surface area (Å²) in [5.74, 6) is 0. The molecule has 0 bridgehead atoms. The third kappa shape index (κ3) is 3.46. The lowest BCUT2D eigenvalue weighted by molar-refractivity contribution is -1.03. The minimum Gasteiger partial charge on any atom is -0.307 e. The van der Waals surface area contributed by atoms with E-state index in [1.165, 1.54) is 9.80 Å². The molecule has 4 heteroatoms. The van der Waals surface area contributed by atoms with E-state index in [0.29, 0.717) is 0 Å². The highest BCUT2D eigenvalue weighted by Crippen LogP contribution is 2.09. The fourth-order valence-electron chi connectivity index (χ4n) is 3.56. The van der Waals surface area contributed by atoms with Crippen molar-refractivity contribution in [3.63, 3.8) is 0 Å². The van der Waals surface area contributed by atoms with Crippen molar-refractivity contribution >= 4 is 0 Å². The standard InChI is InChI=1S/C20H20N4/c21-15-19(17-7-3-1-4-8-17)23-11-13-24(14-12-23)20(16-22)18-9-5-2-6-10-18/h1-10,19-20H,11-14H2/p+2/t19-,20-/m0/s1. The van der Waals surface area contributed by atoms with Gasteiger partial charge in [-0.3, -0.25) is 0 Å². The van der Waals surface area contributed by atoms with E-state index < -0.39 is 0 Å². The van der Waals surface area contributed by atoms with Crippen molar-refractivity contribution < 1.29 is 9.80 Å². The number of quaternary nitrogens is 2. The number of benzene rings is 2. The van der Waals surface area contributed by atoms with Crippen molar-refractivity contribution in [1.29, 1.82) is 10.5 Å². The van der Waals surface area contributed by atoms with E-state index in [-0.39, 0.29) is 12.1 Å². The molecule has 0 aliphatic carbocycles. The molecule has 1 saturated heterocycles. The first kappa shape index (κ1) is 16.2. The van der Waals surface area contributed by atoms with Crippen LogP contribution in [0.1, 0.15) is 23.2 Å². The van der Waals surface area contributed by atoms with Crippen LogP contribution in [-0.2, 0) is 0 Å². The molecular formula is C20H22N4+2. The smallest absolute Gasteiger partial charge is 0.201 e. The van der Waals surface area contributed by atoms with Crippen molar-refractivity contribution in [3.05, 3.63) is 71.8 Å². The molecule has 0 spiro atoms. The highest BCUT2D eigenvalue weighted by atomic mass is 15.3. The minimum absolute atomic E-state index is 0.120. The molecule has 24 heavy (non-hydrogen) atoms. The van der Waals surface area contributed by atoms with Gasteiger partial charge in [-0.1, -0.05) is 60.7 Å². The number of nitrogens with zero attached hydrogens (tertiary/aromatic N) is 2. The highest BCUT2D eigenvalue weighted by molar-refractivity contribution is 5.22. The predicted molar refractivity (Wildman–Crippen MR) is 91.0 cm³/mol.